The molecule has 1 aromatic rings. The maximum atomic E-state index is 11.1. The molecular formula is C9H16N4O2. The van der Waals surface area contributed by atoms with Crippen molar-refractivity contribution in [2.75, 3.05) is 13.1 Å². The van der Waals surface area contributed by atoms with E-state index in [4.69, 9.17) is 4.74 Å². The second kappa shape index (κ2) is 6.13. The predicted molar refractivity (Wildman–Crippen MR) is 54.1 cm³/mol. The standard InChI is InChI=1S/C9H16N4O2/c1-8(2)15-9(14)7-10-3-5-13-6-4-11-12-13/h4,6,8,10H,3,5,7H2,1-2H3. The monoisotopic (exact) mass is 212 g/mol. The second-order valence-corrected chi connectivity index (χ2v) is 3.38. The van der Waals surface area contributed by atoms with Gasteiger partial charge in [-0.15, -0.1) is 5.10 Å². The van der Waals surface area contributed by atoms with E-state index in [1.54, 1.807) is 17.1 Å². The molecule has 0 aliphatic rings. The van der Waals surface area contributed by atoms with Crippen molar-refractivity contribution in [1.29, 1.82) is 0 Å². The largest absolute Gasteiger partial charge is 0.462 e. The first kappa shape index (κ1) is 11.6. The number of carbonyl (C=O) groups excluding carboxylic acids is 1. The first-order chi connectivity index (χ1) is 7.18. The lowest BCUT2D eigenvalue weighted by molar-refractivity contribution is -0.146. The summed E-state index contributed by atoms with van der Waals surface area (Å²) in [6, 6.07) is 0. The van der Waals surface area contributed by atoms with Crippen LogP contribution in [0.15, 0.2) is 12.4 Å². The van der Waals surface area contributed by atoms with Gasteiger partial charge in [0, 0.05) is 12.7 Å². The molecule has 1 rings (SSSR count). The molecular weight excluding hydrogens is 196 g/mol. The highest BCUT2D eigenvalue weighted by Crippen LogP contribution is 1.87. The summed E-state index contributed by atoms with van der Waals surface area (Å²) < 4.78 is 6.65. The molecule has 0 aliphatic heterocycles. The van der Waals surface area contributed by atoms with E-state index in [0.29, 0.717) is 13.1 Å². The molecule has 1 aromatic heterocycles. The molecule has 15 heavy (non-hydrogen) atoms. The molecule has 6 heteroatoms. The highest BCUT2D eigenvalue weighted by molar-refractivity contribution is 5.71. The number of aromatic nitrogens is 3. The maximum Gasteiger partial charge on any atom is 0.320 e. The smallest absolute Gasteiger partial charge is 0.320 e. The van der Waals surface area contributed by atoms with E-state index in [1.165, 1.54) is 0 Å². The van der Waals surface area contributed by atoms with Gasteiger partial charge in [0.2, 0.25) is 0 Å². The molecule has 0 aromatic carbocycles. The summed E-state index contributed by atoms with van der Waals surface area (Å²) in [6.07, 6.45) is 3.33. The fourth-order valence-corrected chi connectivity index (χ4v) is 1.04. The number of ether oxygens (including phenoxy) is 1. The number of hydrogen-bond donors (Lipinski definition) is 1. The fraction of sp³-hybridized carbons (Fsp3) is 0.667. The van der Waals surface area contributed by atoms with E-state index in [2.05, 4.69) is 15.6 Å². The highest BCUT2D eigenvalue weighted by atomic mass is 16.5. The molecule has 0 unspecified atom stereocenters. The number of rotatable bonds is 6. The van der Waals surface area contributed by atoms with Gasteiger partial charge in [0.25, 0.3) is 0 Å². The van der Waals surface area contributed by atoms with Crippen molar-refractivity contribution in [3.8, 4) is 0 Å². The van der Waals surface area contributed by atoms with Gasteiger partial charge in [0.15, 0.2) is 0 Å². The Morgan fingerprint density at radius 2 is 2.40 bits per heavy atom. The van der Waals surface area contributed by atoms with Gasteiger partial charge in [0.05, 0.1) is 25.4 Å². The fourth-order valence-electron chi connectivity index (χ4n) is 1.04. The number of hydrogen-bond acceptors (Lipinski definition) is 5. The lowest BCUT2D eigenvalue weighted by Gasteiger charge is -2.08. The average molecular weight is 212 g/mol. The summed E-state index contributed by atoms with van der Waals surface area (Å²) in [6.45, 7) is 5.24. The minimum absolute atomic E-state index is 0.0605. The third kappa shape index (κ3) is 5.11. The Morgan fingerprint density at radius 3 is 3.00 bits per heavy atom. The van der Waals surface area contributed by atoms with Gasteiger partial charge in [-0.3, -0.25) is 9.48 Å². The van der Waals surface area contributed by atoms with Crippen LogP contribution < -0.4 is 5.32 Å². The Morgan fingerprint density at radius 1 is 1.60 bits per heavy atom. The Hall–Kier alpha value is -1.43. The van der Waals surface area contributed by atoms with Crippen LogP contribution in [0.1, 0.15) is 13.8 Å². The topological polar surface area (TPSA) is 69.0 Å². The molecule has 0 spiro atoms. The highest BCUT2D eigenvalue weighted by Gasteiger charge is 2.03. The number of esters is 1. The number of nitrogens with zero attached hydrogens (tertiary/aromatic N) is 3. The average Bonchev–Trinajstić information content (AvgIpc) is 2.63. The van der Waals surface area contributed by atoms with E-state index in [0.717, 1.165) is 0 Å². The van der Waals surface area contributed by atoms with Crippen molar-refractivity contribution in [3.63, 3.8) is 0 Å². The maximum absolute atomic E-state index is 11.1. The quantitative estimate of drug-likeness (QED) is 0.523. The first-order valence-electron chi connectivity index (χ1n) is 4.93. The molecule has 1 heterocycles. The molecule has 0 saturated heterocycles. The van der Waals surface area contributed by atoms with Gasteiger partial charge >= 0.3 is 5.97 Å². The molecule has 1 N–H and O–H groups in total. The van der Waals surface area contributed by atoms with Crippen LogP contribution in [-0.2, 0) is 16.1 Å². The number of nitrogens with one attached hydrogen (secondary N) is 1. The molecule has 0 amide bonds. The lowest BCUT2D eigenvalue weighted by Crippen LogP contribution is -2.29. The second-order valence-electron chi connectivity index (χ2n) is 3.38. The minimum atomic E-state index is -0.233. The summed E-state index contributed by atoms with van der Waals surface area (Å²) in [5, 5.41) is 10.4. The van der Waals surface area contributed by atoms with E-state index in [1.807, 2.05) is 13.8 Å². The van der Waals surface area contributed by atoms with Gasteiger partial charge in [-0.2, -0.15) is 0 Å². The Labute approximate surface area is 88.6 Å². The summed E-state index contributed by atoms with van der Waals surface area (Å²) in [4.78, 5) is 11.1. The van der Waals surface area contributed by atoms with Crippen molar-refractivity contribution in [2.45, 2.75) is 26.5 Å². The van der Waals surface area contributed by atoms with E-state index in [-0.39, 0.29) is 18.6 Å². The van der Waals surface area contributed by atoms with Crippen LogP contribution >= 0.6 is 0 Å². The molecule has 0 aliphatic carbocycles. The van der Waals surface area contributed by atoms with Gasteiger partial charge in [0.1, 0.15) is 0 Å². The van der Waals surface area contributed by atoms with Crippen LogP contribution in [-0.4, -0.2) is 40.2 Å². The zero-order chi connectivity index (χ0) is 11.1. The summed E-state index contributed by atoms with van der Waals surface area (Å²) in [5.74, 6) is -0.233. The first-order valence-corrected chi connectivity index (χ1v) is 4.93. The van der Waals surface area contributed by atoms with E-state index in [9.17, 15) is 4.79 Å². The molecule has 0 bridgehead atoms. The normalized spacial score (nSPS) is 10.6. The summed E-state index contributed by atoms with van der Waals surface area (Å²) >= 11 is 0. The van der Waals surface area contributed by atoms with Crippen LogP contribution in [0, 0.1) is 0 Å². The van der Waals surface area contributed by atoms with Gasteiger partial charge in [-0.25, -0.2) is 0 Å². The van der Waals surface area contributed by atoms with E-state index < -0.39 is 0 Å². The van der Waals surface area contributed by atoms with Gasteiger partial charge < -0.3 is 10.1 Å². The molecule has 0 fully saturated rings. The Kier molecular flexibility index (Phi) is 4.76. The van der Waals surface area contributed by atoms with Crippen molar-refractivity contribution in [2.24, 2.45) is 0 Å². The minimum Gasteiger partial charge on any atom is -0.462 e. The summed E-state index contributed by atoms with van der Waals surface area (Å²) in [7, 11) is 0. The van der Waals surface area contributed by atoms with Crippen LogP contribution in [0.4, 0.5) is 0 Å². The van der Waals surface area contributed by atoms with Crippen LogP contribution in [0.5, 0.6) is 0 Å². The van der Waals surface area contributed by atoms with Crippen molar-refractivity contribution < 1.29 is 9.53 Å². The molecule has 84 valence electrons. The zero-order valence-electron chi connectivity index (χ0n) is 9.01. The molecule has 0 saturated carbocycles. The third-order valence-corrected chi connectivity index (χ3v) is 1.63. The van der Waals surface area contributed by atoms with Crippen LogP contribution in [0.25, 0.3) is 0 Å². The molecule has 6 nitrogen and oxygen atoms in total. The van der Waals surface area contributed by atoms with Crippen molar-refractivity contribution in [1.82, 2.24) is 20.3 Å². The summed E-state index contributed by atoms with van der Waals surface area (Å²) in [5.41, 5.74) is 0. The third-order valence-electron chi connectivity index (χ3n) is 1.63. The Balaban J connectivity index is 2.04. The van der Waals surface area contributed by atoms with E-state index >= 15 is 0 Å². The number of carbonyl (C=O) groups is 1. The zero-order valence-corrected chi connectivity index (χ0v) is 9.01. The van der Waals surface area contributed by atoms with Gasteiger partial charge in [-0.05, 0) is 13.8 Å². The van der Waals surface area contributed by atoms with Crippen molar-refractivity contribution >= 4 is 5.97 Å². The van der Waals surface area contributed by atoms with Crippen molar-refractivity contribution in [3.05, 3.63) is 12.4 Å². The van der Waals surface area contributed by atoms with Crippen LogP contribution in [0.2, 0.25) is 0 Å². The SMILES string of the molecule is CC(C)OC(=O)CNCCn1ccnn1. The van der Waals surface area contributed by atoms with Gasteiger partial charge in [-0.1, -0.05) is 5.21 Å². The predicted octanol–water partition coefficient (Wildman–Crippen LogP) is -0.181. The lowest BCUT2D eigenvalue weighted by atomic mass is 10.5. The van der Waals surface area contributed by atoms with Crippen LogP contribution in [0.3, 0.4) is 0 Å². The molecule has 0 atom stereocenters. The molecule has 0 radical (unpaired) electrons. The Bertz CT molecular complexity index is 284.